The Hall–Kier alpha value is -0.820. The van der Waals surface area contributed by atoms with Gasteiger partial charge in [-0.05, 0) is 12.1 Å². The van der Waals surface area contributed by atoms with Gasteiger partial charge in [-0.1, -0.05) is 29.3 Å². The number of carbonyl (C=O) groups excluding carboxylic acids is 1. The number of hydrogen-bond donors (Lipinski definition) is 1. The highest BCUT2D eigenvalue weighted by atomic mass is 35.5. The molecule has 1 N–H and O–H groups in total. The van der Waals surface area contributed by atoms with E-state index in [1.807, 2.05) is 0 Å². The van der Waals surface area contributed by atoms with Crippen LogP contribution in [-0.2, 0) is 10.0 Å². The Balaban J connectivity index is 2.70. The number of likely N-dealkylation sites (N-methyl/N-ethyl adjacent to an activating group) is 1. The minimum atomic E-state index is -3.26. The smallest absolute Gasteiger partial charge is 0.255 e. The summed E-state index contributed by atoms with van der Waals surface area (Å²) < 4.78 is 24.1. The number of rotatable bonds is 5. The van der Waals surface area contributed by atoms with E-state index in [2.05, 4.69) is 4.72 Å². The number of hydrogen-bond acceptors (Lipinski definition) is 3. The van der Waals surface area contributed by atoms with Gasteiger partial charge in [0.1, 0.15) is 0 Å². The van der Waals surface area contributed by atoms with E-state index < -0.39 is 10.0 Å². The zero-order valence-corrected chi connectivity index (χ0v) is 12.8. The first kappa shape index (κ1) is 16.2. The highest BCUT2D eigenvalue weighted by Crippen LogP contribution is 2.26. The average molecular weight is 325 g/mol. The Morgan fingerprint density at radius 2 is 2.00 bits per heavy atom. The Kier molecular flexibility index (Phi) is 5.61. The fourth-order valence-electron chi connectivity index (χ4n) is 1.37. The lowest BCUT2D eigenvalue weighted by Gasteiger charge is -2.18. The van der Waals surface area contributed by atoms with Crippen molar-refractivity contribution in [1.82, 2.24) is 9.62 Å². The summed E-state index contributed by atoms with van der Waals surface area (Å²) in [4.78, 5) is 13.4. The van der Waals surface area contributed by atoms with Crippen molar-refractivity contribution >= 4 is 39.1 Å². The van der Waals surface area contributed by atoms with Crippen LogP contribution in [0.4, 0.5) is 0 Å². The van der Waals surface area contributed by atoms with Crippen LogP contribution < -0.4 is 4.72 Å². The maximum absolute atomic E-state index is 12.1. The molecule has 0 radical (unpaired) electrons. The predicted molar refractivity (Wildman–Crippen MR) is 76.3 cm³/mol. The lowest BCUT2D eigenvalue weighted by Crippen LogP contribution is -2.35. The molecule has 19 heavy (non-hydrogen) atoms. The standard InChI is InChI=1S/C11H14Cl2N2O3S/c1-15(7-6-14-19(2,17)18)11(16)8-4-3-5-9(12)10(8)13/h3-5,14H,6-7H2,1-2H3. The normalized spacial score (nSPS) is 11.4. The second-order valence-corrected chi connectivity index (χ2v) is 6.61. The topological polar surface area (TPSA) is 66.5 Å². The van der Waals surface area contributed by atoms with Crippen molar-refractivity contribution in [1.29, 1.82) is 0 Å². The van der Waals surface area contributed by atoms with Crippen molar-refractivity contribution in [2.45, 2.75) is 0 Å². The van der Waals surface area contributed by atoms with Crippen molar-refractivity contribution in [3.63, 3.8) is 0 Å². The quantitative estimate of drug-likeness (QED) is 0.894. The van der Waals surface area contributed by atoms with Gasteiger partial charge in [0, 0.05) is 20.1 Å². The van der Waals surface area contributed by atoms with Gasteiger partial charge in [0.2, 0.25) is 10.0 Å². The molecule has 5 nitrogen and oxygen atoms in total. The van der Waals surface area contributed by atoms with Gasteiger partial charge in [0.15, 0.2) is 0 Å². The lowest BCUT2D eigenvalue weighted by atomic mass is 10.2. The van der Waals surface area contributed by atoms with Crippen molar-refractivity contribution in [2.75, 3.05) is 26.4 Å². The molecule has 1 aromatic carbocycles. The average Bonchev–Trinajstić information content (AvgIpc) is 2.30. The molecule has 0 saturated heterocycles. The molecule has 8 heteroatoms. The van der Waals surface area contributed by atoms with Gasteiger partial charge in [-0.15, -0.1) is 0 Å². The van der Waals surface area contributed by atoms with Crippen molar-refractivity contribution < 1.29 is 13.2 Å². The van der Waals surface area contributed by atoms with Crippen LogP contribution in [0.5, 0.6) is 0 Å². The summed E-state index contributed by atoms with van der Waals surface area (Å²) in [6, 6.07) is 4.78. The van der Waals surface area contributed by atoms with E-state index in [1.165, 1.54) is 4.90 Å². The molecule has 0 aliphatic rings. The molecule has 0 fully saturated rings. The summed E-state index contributed by atoms with van der Waals surface area (Å²) >= 11 is 11.8. The molecule has 0 heterocycles. The maximum Gasteiger partial charge on any atom is 0.255 e. The number of halogens is 2. The molecule has 1 rings (SSSR count). The molecule has 1 aromatic rings. The van der Waals surface area contributed by atoms with Crippen LogP contribution in [0.1, 0.15) is 10.4 Å². The van der Waals surface area contributed by atoms with Gasteiger partial charge in [-0.2, -0.15) is 0 Å². The molecule has 0 bridgehead atoms. The Bertz CT molecular complexity index is 575. The fraction of sp³-hybridized carbons (Fsp3) is 0.364. The molecule has 0 atom stereocenters. The van der Waals surface area contributed by atoms with Gasteiger partial charge < -0.3 is 4.90 Å². The number of carbonyl (C=O) groups is 1. The van der Waals surface area contributed by atoms with Gasteiger partial charge in [-0.25, -0.2) is 13.1 Å². The summed E-state index contributed by atoms with van der Waals surface area (Å²) in [5.41, 5.74) is 0.288. The number of sulfonamides is 1. The molecule has 0 spiro atoms. The van der Waals surface area contributed by atoms with E-state index in [-0.39, 0.29) is 29.6 Å². The molecule has 0 aromatic heterocycles. The van der Waals surface area contributed by atoms with Gasteiger partial charge >= 0.3 is 0 Å². The van der Waals surface area contributed by atoms with Crippen LogP contribution >= 0.6 is 23.2 Å². The van der Waals surface area contributed by atoms with Crippen molar-refractivity contribution in [3.8, 4) is 0 Å². The highest BCUT2D eigenvalue weighted by molar-refractivity contribution is 7.88. The summed E-state index contributed by atoms with van der Waals surface area (Å²) in [7, 11) is -1.70. The number of amides is 1. The summed E-state index contributed by atoms with van der Waals surface area (Å²) in [5, 5.41) is 0.493. The van der Waals surface area contributed by atoms with E-state index in [9.17, 15) is 13.2 Å². The van der Waals surface area contributed by atoms with Gasteiger partial charge in [0.05, 0.1) is 21.9 Å². The highest BCUT2D eigenvalue weighted by Gasteiger charge is 2.16. The Morgan fingerprint density at radius 3 is 2.58 bits per heavy atom. The SMILES string of the molecule is CN(CCNS(C)(=O)=O)C(=O)c1cccc(Cl)c1Cl. The fourth-order valence-corrected chi connectivity index (χ4v) is 2.22. The minimum absolute atomic E-state index is 0.138. The first-order valence-electron chi connectivity index (χ1n) is 5.36. The third-order valence-corrected chi connectivity index (χ3v) is 3.89. The second kappa shape index (κ2) is 6.56. The van der Waals surface area contributed by atoms with Crippen LogP contribution in [0.2, 0.25) is 10.0 Å². The van der Waals surface area contributed by atoms with E-state index in [0.29, 0.717) is 5.02 Å². The molecule has 0 saturated carbocycles. The third-order valence-electron chi connectivity index (χ3n) is 2.34. The second-order valence-electron chi connectivity index (χ2n) is 3.99. The van der Waals surface area contributed by atoms with E-state index in [1.54, 1.807) is 25.2 Å². The number of nitrogens with one attached hydrogen (secondary N) is 1. The largest absolute Gasteiger partial charge is 0.340 e. The molecule has 0 aliphatic carbocycles. The van der Waals surface area contributed by atoms with Crippen LogP contribution in [0.3, 0.4) is 0 Å². The minimum Gasteiger partial charge on any atom is -0.340 e. The molecular weight excluding hydrogens is 311 g/mol. The monoisotopic (exact) mass is 324 g/mol. The zero-order valence-electron chi connectivity index (χ0n) is 10.5. The first-order valence-corrected chi connectivity index (χ1v) is 8.01. The molecule has 1 amide bonds. The van der Waals surface area contributed by atoms with E-state index in [0.717, 1.165) is 6.26 Å². The maximum atomic E-state index is 12.1. The predicted octanol–water partition coefficient (Wildman–Crippen LogP) is 1.61. The van der Waals surface area contributed by atoms with E-state index in [4.69, 9.17) is 23.2 Å². The van der Waals surface area contributed by atoms with Crippen molar-refractivity contribution in [2.24, 2.45) is 0 Å². The van der Waals surface area contributed by atoms with Crippen LogP contribution in [0.25, 0.3) is 0 Å². The first-order chi connectivity index (χ1) is 8.72. The molecule has 106 valence electrons. The molecular formula is C11H14Cl2N2O3S. The zero-order chi connectivity index (χ0) is 14.6. The van der Waals surface area contributed by atoms with Gasteiger partial charge in [0.25, 0.3) is 5.91 Å². The molecule has 0 aliphatic heterocycles. The van der Waals surface area contributed by atoms with Crippen molar-refractivity contribution in [3.05, 3.63) is 33.8 Å². The van der Waals surface area contributed by atoms with Gasteiger partial charge in [-0.3, -0.25) is 4.79 Å². The summed E-state index contributed by atoms with van der Waals surface area (Å²) in [5.74, 6) is -0.317. The number of benzene rings is 1. The van der Waals surface area contributed by atoms with Crippen LogP contribution in [0.15, 0.2) is 18.2 Å². The van der Waals surface area contributed by atoms with E-state index >= 15 is 0 Å². The van der Waals surface area contributed by atoms with Crippen LogP contribution in [0, 0.1) is 0 Å². The number of nitrogens with zero attached hydrogens (tertiary/aromatic N) is 1. The lowest BCUT2D eigenvalue weighted by molar-refractivity contribution is 0.0798. The Morgan fingerprint density at radius 1 is 1.37 bits per heavy atom. The molecule has 0 unspecified atom stereocenters. The third kappa shape index (κ3) is 4.99. The van der Waals surface area contributed by atoms with Crippen LogP contribution in [-0.4, -0.2) is 45.6 Å². The summed E-state index contributed by atoms with van der Waals surface area (Å²) in [6.45, 7) is 0.369. The Labute approximate surface area is 122 Å². The summed E-state index contributed by atoms with van der Waals surface area (Å²) in [6.07, 6.45) is 1.06.